The Morgan fingerprint density at radius 1 is 1.19 bits per heavy atom. The van der Waals surface area contributed by atoms with Crippen LogP contribution in [0.5, 0.6) is 0 Å². The quantitative estimate of drug-likeness (QED) is 0.700. The van der Waals surface area contributed by atoms with E-state index in [4.69, 9.17) is 0 Å². The zero-order valence-electron chi connectivity index (χ0n) is 16.3. The monoisotopic (exact) mass is 406 g/mol. The maximum absolute atomic E-state index is 13.0. The molecule has 0 aliphatic carbocycles. The number of rotatable bonds is 7. The van der Waals surface area contributed by atoms with Gasteiger partial charge in [0.25, 0.3) is 0 Å². The van der Waals surface area contributed by atoms with Gasteiger partial charge in [-0.05, 0) is 55.9 Å². The van der Waals surface area contributed by atoms with Gasteiger partial charge in [0.15, 0.2) is 0 Å². The van der Waals surface area contributed by atoms with Crippen LogP contribution in [-0.2, 0) is 14.8 Å². The summed E-state index contributed by atoms with van der Waals surface area (Å²) in [6.45, 7) is 5.56. The smallest absolute Gasteiger partial charge is 0.248 e. The fourth-order valence-electron chi connectivity index (χ4n) is 2.96. The summed E-state index contributed by atoms with van der Waals surface area (Å²) in [5, 5.41) is 2.90. The molecule has 0 radical (unpaired) electrons. The molecule has 1 N–H and O–H groups in total. The van der Waals surface area contributed by atoms with Gasteiger partial charge in [0.2, 0.25) is 15.9 Å². The number of amides is 1. The molecule has 1 atom stereocenters. The Bertz CT molecular complexity index is 927. The first kappa shape index (κ1) is 21.3. The lowest BCUT2D eigenvalue weighted by Gasteiger charge is -2.31. The van der Waals surface area contributed by atoms with Gasteiger partial charge in [-0.3, -0.25) is 9.10 Å². The van der Waals surface area contributed by atoms with E-state index in [1.54, 1.807) is 0 Å². The maximum atomic E-state index is 13.0. The highest BCUT2D eigenvalue weighted by Gasteiger charge is 2.32. The van der Waals surface area contributed by atoms with Crippen LogP contribution in [0.2, 0.25) is 0 Å². The Morgan fingerprint density at radius 3 is 2.44 bits per heavy atom. The van der Waals surface area contributed by atoms with E-state index < -0.39 is 16.1 Å². The summed E-state index contributed by atoms with van der Waals surface area (Å²) >= 11 is 1.52. The number of hydrogen-bond donors (Lipinski definition) is 1. The predicted octanol–water partition coefficient (Wildman–Crippen LogP) is 4.21. The second-order valence-corrected chi connectivity index (χ2v) is 9.17. The van der Waals surface area contributed by atoms with Gasteiger partial charge in [0, 0.05) is 4.90 Å². The van der Waals surface area contributed by atoms with E-state index in [1.165, 1.54) is 16.1 Å². The number of sulfonamides is 1. The highest BCUT2D eigenvalue weighted by molar-refractivity contribution is 7.98. The highest BCUT2D eigenvalue weighted by atomic mass is 32.2. The predicted molar refractivity (Wildman–Crippen MR) is 114 cm³/mol. The third-order valence-electron chi connectivity index (χ3n) is 4.30. The molecule has 0 fully saturated rings. The fraction of sp³-hybridized carbons (Fsp3) is 0.350. The normalized spacial score (nSPS) is 12.5. The third-order valence-corrected chi connectivity index (χ3v) is 6.26. The van der Waals surface area contributed by atoms with E-state index in [-0.39, 0.29) is 5.91 Å². The molecule has 2 aromatic carbocycles. The SMILES string of the molecule is CC[C@H](C(=O)Nc1ccccc1SC)N(c1cc(C)ccc1C)S(C)(=O)=O. The molecule has 2 rings (SSSR count). The summed E-state index contributed by atoms with van der Waals surface area (Å²) in [4.78, 5) is 14.0. The van der Waals surface area contributed by atoms with Crippen molar-refractivity contribution in [1.29, 1.82) is 0 Å². The summed E-state index contributed by atoms with van der Waals surface area (Å²) in [5.41, 5.74) is 2.97. The fourth-order valence-corrected chi connectivity index (χ4v) is 4.77. The second-order valence-electron chi connectivity index (χ2n) is 6.46. The average molecular weight is 407 g/mol. The van der Waals surface area contributed by atoms with E-state index >= 15 is 0 Å². The van der Waals surface area contributed by atoms with Gasteiger partial charge >= 0.3 is 0 Å². The zero-order valence-corrected chi connectivity index (χ0v) is 17.9. The van der Waals surface area contributed by atoms with Gasteiger partial charge in [-0.2, -0.15) is 0 Å². The number of hydrogen-bond acceptors (Lipinski definition) is 4. The largest absolute Gasteiger partial charge is 0.323 e. The Morgan fingerprint density at radius 2 is 1.85 bits per heavy atom. The van der Waals surface area contributed by atoms with Crippen LogP contribution >= 0.6 is 11.8 Å². The minimum atomic E-state index is -3.65. The molecule has 5 nitrogen and oxygen atoms in total. The van der Waals surface area contributed by atoms with Gasteiger partial charge in [-0.15, -0.1) is 11.8 Å². The highest BCUT2D eigenvalue weighted by Crippen LogP contribution is 2.29. The van der Waals surface area contributed by atoms with Gasteiger partial charge in [-0.25, -0.2) is 8.42 Å². The lowest BCUT2D eigenvalue weighted by molar-refractivity contribution is -0.117. The number of benzene rings is 2. The molecule has 0 bridgehead atoms. The molecular weight excluding hydrogens is 380 g/mol. The Labute approximate surface area is 166 Å². The number of carbonyl (C=O) groups excluding carboxylic acids is 1. The number of para-hydroxylation sites is 1. The molecule has 0 saturated heterocycles. The van der Waals surface area contributed by atoms with Gasteiger partial charge in [-0.1, -0.05) is 31.2 Å². The number of nitrogens with zero attached hydrogens (tertiary/aromatic N) is 1. The van der Waals surface area contributed by atoms with Crippen LogP contribution in [-0.4, -0.2) is 32.9 Å². The minimum absolute atomic E-state index is 0.342. The van der Waals surface area contributed by atoms with Gasteiger partial charge in [0.05, 0.1) is 17.6 Å². The van der Waals surface area contributed by atoms with Crippen molar-refractivity contribution in [3.8, 4) is 0 Å². The number of anilines is 2. The van der Waals surface area contributed by atoms with E-state index in [0.29, 0.717) is 17.8 Å². The van der Waals surface area contributed by atoms with E-state index in [9.17, 15) is 13.2 Å². The first-order valence-corrected chi connectivity index (χ1v) is 11.8. The maximum Gasteiger partial charge on any atom is 0.248 e. The van der Waals surface area contributed by atoms with Crippen LogP contribution in [0.1, 0.15) is 24.5 Å². The molecule has 146 valence electrons. The van der Waals surface area contributed by atoms with Crippen molar-refractivity contribution in [1.82, 2.24) is 0 Å². The van der Waals surface area contributed by atoms with Gasteiger partial charge < -0.3 is 5.32 Å². The Kier molecular flexibility index (Phi) is 6.95. The van der Waals surface area contributed by atoms with Crippen LogP contribution in [0.25, 0.3) is 0 Å². The van der Waals surface area contributed by atoms with Crippen molar-refractivity contribution in [2.24, 2.45) is 0 Å². The minimum Gasteiger partial charge on any atom is -0.323 e. The molecule has 0 heterocycles. The summed E-state index contributed by atoms with van der Waals surface area (Å²) in [5.74, 6) is -0.342. The molecule has 2 aromatic rings. The third kappa shape index (κ3) is 5.05. The number of carbonyl (C=O) groups is 1. The van der Waals surface area contributed by atoms with Crippen LogP contribution in [0.3, 0.4) is 0 Å². The van der Waals surface area contributed by atoms with Crippen molar-refractivity contribution in [2.45, 2.75) is 38.1 Å². The van der Waals surface area contributed by atoms with Crippen molar-refractivity contribution in [3.63, 3.8) is 0 Å². The molecule has 0 spiro atoms. The summed E-state index contributed by atoms with van der Waals surface area (Å²) in [6, 6.07) is 12.2. The lowest BCUT2D eigenvalue weighted by Crippen LogP contribution is -2.47. The van der Waals surface area contributed by atoms with Crippen molar-refractivity contribution >= 4 is 39.1 Å². The molecule has 27 heavy (non-hydrogen) atoms. The average Bonchev–Trinajstić information content (AvgIpc) is 2.61. The van der Waals surface area contributed by atoms with E-state index in [2.05, 4.69) is 5.32 Å². The molecule has 0 aliphatic rings. The Balaban J connectivity index is 2.46. The lowest BCUT2D eigenvalue weighted by atomic mass is 10.1. The molecule has 0 unspecified atom stereocenters. The van der Waals surface area contributed by atoms with Crippen LogP contribution in [0, 0.1) is 13.8 Å². The van der Waals surface area contributed by atoms with Crippen molar-refractivity contribution in [2.75, 3.05) is 22.1 Å². The molecular formula is C20H26N2O3S2. The molecule has 0 saturated carbocycles. The molecule has 7 heteroatoms. The number of nitrogens with one attached hydrogen (secondary N) is 1. The van der Waals surface area contributed by atoms with E-state index in [1.807, 2.05) is 69.5 Å². The Hall–Kier alpha value is -1.99. The molecule has 0 aliphatic heterocycles. The molecule has 1 amide bonds. The first-order valence-electron chi connectivity index (χ1n) is 8.69. The van der Waals surface area contributed by atoms with Gasteiger partial charge in [0.1, 0.15) is 6.04 Å². The number of aryl methyl sites for hydroxylation is 2. The topological polar surface area (TPSA) is 66.5 Å². The summed E-state index contributed by atoms with van der Waals surface area (Å²) in [7, 11) is -3.65. The van der Waals surface area contributed by atoms with E-state index in [0.717, 1.165) is 22.3 Å². The van der Waals surface area contributed by atoms with Crippen LogP contribution in [0.4, 0.5) is 11.4 Å². The first-order chi connectivity index (χ1) is 12.7. The second kappa shape index (κ2) is 8.80. The van der Waals surface area contributed by atoms with Crippen LogP contribution < -0.4 is 9.62 Å². The van der Waals surface area contributed by atoms with Crippen molar-refractivity contribution in [3.05, 3.63) is 53.6 Å². The van der Waals surface area contributed by atoms with Crippen LogP contribution in [0.15, 0.2) is 47.4 Å². The summed E-state index contributed by atoms with van der Waals surface area (Å²) < 4.78 is 26.5. The summed E-state index contributed by atoms with van der Waals surface area (Å²) in [6.07, 6.45) is 3.43. The number of thioether (sulfide) groups is 1. The standard InChI is InChI=1S/C20H26N2O3S2/c1-6-17(20(23)21-16-9-7-8-10-19(16)26-4)22(27(5,24)25)18-13-14(2)11-12-15(18)3/h7-13,17H,6H2,1-5H3,(H,21,23)/t17-/m1/s1. The molecule has 0 aromatic heterocycles. The zero-order chi connectivity index (χ0) is 20.2. The van der Waals surface area contributed by atoms with Crippen molar-refractivity contribution < 1.29 is 13.2 Å².